The van der Waals surface area contributed by atoms with Gasteiger partial charge in [0.1, 0.15) is 5.75 Å². The fourth-order valence-electron chi connectivity index (χ4n) is 3.00. The van der Waals surface area contributed by atoms with Crippen LogP contribution in [-0.4, -0.2) is 36.3 Å². The quantitative estimate of drug-likeness (QED) is 0.939. The van der Waals surface area contributed by atoms with E-state index in [1.165, 1.54) is 0 Å². The summed E-state index contributed by atoms with van der Waals surface area (Å²) >= 11 is 0. The Morgan fingerprint density at radius 1 is 1.38 bits per heavy atom. The van der Waals surface area contributed by atoms with Gasteiger partial charge in [0.15, 0.2) is 0 Å². The number of carbonyl (C=O) groups is 1. The van der Waals surface area contributed by atoms with Crippen LogP contribution in [0.15, 0.2) is 30.6 Å². The molecular weight excluding hydrogens is 268 g/mol. The Hall–Kier alpha value is -2.30. The number of aromatic nitrogens is 1. The number of fused-ring (bicyclic) bond motifs is 1. The van der Waals surface area contributed by atoms with Crippen molar-refractivity contribution in [2.45, 2.75) is 12.8 Å². The van der Waals surface area contributed by atoms with Crippen LogP contribution in [0, 0.1) is 5.92 Å². The van der Waals surface area contributed by atoms with E-state index in [0.717, 1.165) is 41.6 Å². The van der Waals surface area contributed by atoms with Crippen molar-refractivity contribution in [3.63, 3.8) is 0 Å². The minimum Gasteiger partial charge on any atom is -0.496 e. The molecule has 0 bridgehead atoms. The molecule has 1 unspecified atom stereocenters. The molecule has 1 aliphatic rings. The monoisotopic (exact) mass is 286 g/mol. The lowest BCUT2D eigenvalue weighted by molar-refractivity contribution is -0.141. The van der Waals surface area contributed by atoms with E-state index in [1.807, 2.05) is 18.2 Å². The van der Waals surface area contributed by atoms with E-state index in [1.54, 1.807) is 19.5 Å². The van der Waals surface area contributed by atoms with Crippen molar-refractivity contribution in [3.8, 4) is 5.75 Å². The largest absolute Gasteiger partial charge is 0.496 e. The zero-order valence-corrected chi connectivity index (χ0v) is 12.0. The second-order valence-electron chi connectivity index (χ2n) is 5.33. The highest BCUT2D eigenvalue weighted by Crippen LogP contribution is 2.34. The predicted octanol–water partition coefficient (Wildman–Crippen LogP) is 2.54. The highest BCUT2D eigenvalue weighted by molar-refractivity contribution is 5.97. The predicted molar refractivity (Wildman–Crippen MR) is 80.9 cm³/mol. The molecule has 0 saturated carbocycles. The first-order valence-electron chi connectivity index (χ1n) is 7.09. The lowest BCUT2D eigenvalue weighted by Gasteiger charge is -2.33. The number of carboxylic acid groups (broad SMARTS) is 1. The lowest BCUT2D eigenvalue weighted by Crippen LogP contribution is -2.38. The smallest absolute Gasteiger partial charge is 0.308 e. The molecule has 0 aliphatic carbocycles. The zero-order chi connectivity index (χ0) is 14.8. The Bertz CT molecular complexity index is 672. The Kier molecular flexibility index (Phi) is 3.64. The van der Waals surface area contributed by atoms with Crippen molar-refractivity contribution in [3.05, 3.63) is 30.6 Å². The number of benzene rings is 1. The van der Waals surface area contributed by atoms with Crippen LogP contribution in [0.4, 0.5) is 5.69 Å². The summed E-state index contributed by atoms with van der Waals surface area (Å²) in [5, 5.41) is 11.2. The molecular formula is C16H18N2O3. The van der Waals surface area contributed by atoms with Crippen molar-refractivity contribution in [2.75, 3.05) is 25.1 Å². The summed E-state index contributed by atoms with van der Waals surface area (Å²) in [5.41, 5.74) is 1.05. The Morgan fingerprint density at radius 2 is 2.24 bits per heavy atom. The van der Waals surface area contributed by atoms with E-state index in [9.17, 15) is 9.90 Å². The first-order chi connectivity index (χ1) is 10.2. The van der Waals surface area contributed by atoms with Gasteiger partial charge in [-0.3, -0.25) is 9.78 Å². The minimum atomic E-state index is -0.709. The van der Waals surface area contributed by atoms with Gasteiger partial charge < -0.3 is 14.7 Å². The molecule has 0 spiro atoms. The van der Waals surface area contributed by atoms with Gasteiger partial charge in [-0.15, -0.1) is 0 Å². The average molecular weight is 286 g/mol. The molecule has 2 aromatic rings. The maximum absolute atomic E-state index is 11.2. The van der Waals surface area contributed by atoms with Crippen LogP contribution in [0.5, 0.6) is 5.75 Å². The number of aliphatic carboxylic acids is 1. The topological polar surface area (TPSA) is 62.7 Å². The summed E-state index contributed by atoms with van der Waals surface area (Å²) in [6.07, 6.45) is 5.19. The normalized spacial score (nSPS) is 18.7. The SMILES string of the molecule is COc1ccc(N2CCCC(C(=O)O)C2)c2ccncc12. The minimum absolute atomic E-state index is 0.294. The number of methoxy groups -OCH3 is 1. The number of anilines is 1. The second-order valence-corrected chi connectivity index (χ2v) is 5.33. The Morgan fingerprint density at radius 3 is 3.00 bits per heavy atom. The number of nitrogens with zero attached hydrogens (tertiary/aromatic N) is 2. The van der Waals surface area contributed by atoms with Gasteiger partial charge in [0.2, 0.25) is 0 Å². The first kappa shape index (κ1) is 13.7. The second kappa shape index (κ2) is 5.60. The van der Waals surface area contributed by atoms with Crippen molar-refractivity contribution in [1.29, 1.82) is 0 Å². The molecule has 5 nitrogen and oxygen atoms in total. The fourth-order valence-corrected chi connectivity index (χ4v) is 3.00. The number of pyridine rings is 1. The molecule has 1 aliphatic heterocycles. The molecule has 3 rings (SSSR count). The number of piperidine rings is 1. The standard InChI is InChI=1S/C16H18N2O3/c1-21-15-5-4-14(12-6-7-17-9-13(12)15)18-8-2-3-11(10-18)16(19)20/h4-7,9,11H,2-3,8,10H2,1H3,(H,19,20). The molecule has 1 atom stereocenters. The average Bonchev–Trinajstić information content (AvgIpc) is 2.54. The van der Waals surface area contributed by atoms with Crippen LogP contribution in [-0.2, 0) is 4.79 Å². The van der Waals surface area contributed by atoms with Gasteiger partial charge in [-0.1, -0.05) is 0 Å². The first-order valence-corrected chi connectivity index (χ1v) is 7.09. The van der Waals surface area contributed by atoms with E-state index < -0.39 is 5.97 Å². The molecule has 1 aromatic heterocycles. The summed E-state index contributed by atoms with van der Waals surface area (Å²) in [7, 11) is 1.64. The molecule has 1 aromatic carbocycles. The molecule has 0 radical (unpaired) electrons. The Balaban J connectivity index is 2.02. The maximum atomic E-state index is 11.2. The maximum Gasteiger partial charge on any atom is 0.308 e. The molecule has 5 heteroatoms. The molecule has 0 amide bonds. The van der Waals surface area contributed by atoms with Crippen LogP contribution in [0.2, 0.25) is 0 Å². The van der Waals surface area contributed by atoms with Gasteiger partial charge in [0.05, 0.1) is 13.0 Å². The highest BCUT2D eigenvalue weighted by Gasteiger charge is 2.26. The van der Waals surface area contributed by atoms with E-state index in [2.05, 4.69) is 9.88 Å². The van der Waals surface area contributed by atoms with Crippen molar-refractivity contribution < 1.29 is 14.6 Å². The number of carboxylic acids is 1. The summed E-state index contributed by atoms with van der Waals surface area (Å²) in [4.78, 5) is 17.6. The fraction of sp³-hybridized carbons (Fsp3) is 0.375. The van der Waals surface area contributed by atoms with Gasteiger partial charge in [0, 0.05) is 41.9 Å². The third-order valence-electron chi connectivity index (χ3n) is 4.09. The number of ether oxygens (including phenoxy) is 1. The van der Waals surface area contributed by atoms with Crippen molar-refractivity contribution >= 4 is 22.4 Å². The number of hydrogen-bond donors (Lipinski definition) is 1. The van der Waals surface area contributed by atoms with Gasteiger partial charge in [-0.25, -0.2) is 0 Å². The van der Waals surface area contributed by atoms with Crippen LogP contribution < -0.4 is 9.64 Å². The van der Waals surface area contributed by atoms with E-state index >= 15 is 0 Å². The van der Waals surface area contributed by atoms with Gasteiger partial charge in [0.25, 0.3) is 0 Å². The third kappa shape index (κ3) is 2.51. The number of hydrogen-bond acceptors (Lipinski definition) is 4. The Labute approximate surface area is 123 Å². The van der Waals surface area contributed by atoms with Crippen molar-refractivity contribution in [2.24, 2.45) is 5.92 Å². The molecule has 1 N–H and O–H groups in total. The van der Waals surface area contributed by atoms with Crippen LogP contribution in [0.1, 0.15) is 12.8 Å². The molecule has 110 valence electrons. The zero-order valence-electron chi connectivity index (χ0n) is 12.0. The van der Waals surface area contributed by atoms with E-state index in [-0.39, 0.29) is 5.92 Å². The molecule has 21 heavy (non-hydrogen) atoms. The summed E-state index contributed by atoms with van der Waals surface area (Å²) in [6, 6.07) is 5.88. The molecule has 1 fully saturated rings. The molecule has 1 saturated heterocycles. The van der Waals surface area contributed by atoms with Crippen LogP contribution in [0.3, 0.4) is 0 Å². The van der Waals surface area contributed by atoms with Crippen LogP contribution in [0.25, 0.3) is 10.8 Å². The van der Waals surface area contributed by atoms with E-state index in [0.29, 0.717) is 6.54 Å². The summed E-state index contributed by atoms with van der Waals surface area (Å²) < 4.78 is 5.38. The van der Waals surface area contributed by atoms with Gasteiger partial charge in [-0.2, -0.15) is 0 Å². The summed E-state index contributed by atoms with van der Waals surface area (Å²) in [5.74, 6) is -0.217. The van der Waals surface area contributed by atoms with E-state index in [4.69, 9.17) is 4.74 Å². The third-order valence-corrected chi connectivity index (χ3v) is 4.09. The number of rotatable bonds is 3. The van der Waals surface area contributed by atoms with Crippen molar-refractivity contribution in [1.82, 2.24) is 4.98 Å². The molecule has 2 heterocycles. The highest BCUT2D eigenvalue weighted by atomic mass is 16.5. The summed E-state index contributed by atoms with van der Waals surface area (Å²) in [6.45, 7) is 1.44. The van der Waals surface area contributed by atoms with Crippen LogP contribution >= 0.6 is 0 Å². The lowest BCUT2D eigenvalue weighted by atomic mass is 9.97. The van der Waals surface area contributed by atoms with Gasteiger partial charge in [-0.05, 0) is 31.0 Å². The van der Waals surface area contributed by atoms with Gasteiger partial charge >= 0.3 is 5.97 Å².